The number of rotatable bonds is 16. The lowest BCUT2D eigenvalue weighted by atomic mass is 9.77. The first kappa shape index (κ1) is 45.3. The highest BCUT2D eigenvalue weighted by Gasteiger charge is 2.48. The molecule has 6 aromatic carbocycles. The molecule has 9 nitrogen and oxygen atoms in total. The van der Waals surface area contributed by atoms with Crippen LogP contribution >= 0.6 is 0 Å². The van der Waals surface area contributed by atoms with E-state index in [0.717, 1.165) is 44.9 Å². The van der Waals surface area contributed by atoms with Crippen LogP contribution in [0, 0.1) is 0 Å². The first-order chi connectivity index (χ1) is 31.4. The summed E-state index contributed by atoms with van der Waals surface area (Å²) in [6.07, 6.45) is 0.396. The van der Waals surface area contributed by atoms with Gasteiger partial charge in [0.05, 0.1) is 26.9 Å². The average molecular weight is 886 g/mol. The highest BCUT2D eigenvalue weighted by Crippen LogP contribution is 2.46. The Morgan fingerprint density at radius 1 is 0.631 bits per heavy atom. The van der Waals surface area contributed by atoms with Crippen molar-refractivity contribution in [2.75, 3.05) is 26.1 Å². The Balaban J connectivity index is 1.20. The van der Waals surface area contributed by atoms with Crippen molar-refractivity contribution in [1.82, 2.24) is 9.55 Å². The molecular weight excluding hydrogens is 827 g/mol. The molecule has 0 spiro atoms. The van der Waals surface area contributed by atoms with Gasteiger partial charge in [0.1, 0.15) is 40.8 Å². The Kier molecular flexibility index (Phi) is 13.3. The van der Waals surface area contributed by atoms with Gasteiger partial charge in [0.15, 0.2) is 8.32 Å². The van der Waals surface area contributed by atoms with Crippen molar-refractivity contribution in [1.29, 1.82) is 0 Å². The van der Waals surface area contributed by atoms with Crippen molar-refractivity contribution in [3.05, 3.63) is 226 Å². The van der Waals surface area contributed by atoms with Crippen molar-refractivity contribution >= 4 is 14.1 Å². The van der Waals surface area contributed by atoms with Crippen LogP contribution in [0.1, 0.15) is 66.8 Å². The minimum atomic E-state index is -2.24. The molecule has 0 radical (unpaired) electrons. The highest BCUT2D eigenvalue weighted by molar-refractivity contribution is 6.74. The molecule has 1 N–H and O–H groups in total. The van der Waals surface area contributed by atoms with E-state index >= 15 is 0 Å². The van der Waals surface area contributed by atoms with Crippen LogP contribution in [0.5, 0.6) is 11.5 Å². The lowest BCUT2D eigenvalue weighted by Gasteiger charge is -2.40. The van der Waals surface area contributed by atoms with Gasteiger partial charge in [0, 0.05) is 12.6 Å². The maximum atomic E-state index is 14.5. The van der Waals surface area contributed by atoms with Crippen molar-refractivity contribution in [3.8, 4) is 11.5 Å². The number of nitrogens with one attached hydrogen (secondary N) is 1. The van der Waals surface area contributed by atoms with E-state index in [1.807, 2.05) is 115 Å². The minimum Gasteiger partial charge on any atom is -0.497 e. The van der Waals surface area contributed by atoms with E-state index in [1.165, 1.54) is 0 Å². The number of aromatic nitrogens is 2. The molecule has 0 bridgehead atoms. The summed E-state index contributed by atoms with van der Waals surface area (Å²) >= 11 is 0. The van der Waals surface area contributed by atoms with Crippen LogP contribution in [0.25, 0.3) is 0 Å². The normalized spacial score (nSPS) is 16.8. The Labute approximate surface area is 384 Å². The zero-order valence-electron chi connectivity index (χ0n) is 38.3. The van der Waals surface area contributed by atoms with Gasteiger partial charge in [-0.25, -0.2) is 4.79 Å². The molecule has 1 aliphatic rings. The zero-order valence-corrected chi connectivity index (χ0v) is 39.3. The monoisotopic (exact) mass is 885 g/mol. The summed E-state index contributed by atoms with van der Waals surface area (Å²) < 4.78 is 34.2. The molecule has 1 aromatic heterocycles. The number of anilines is 1. The van der Waals surface area contributed by atoms with Crippen molar-refractivity contribution in [2.45, 2.75) is 74.9 Å². The van der Waals surface area contributed by atoms with E-state index in [2.05, 4.69) is 99.8 Å². The van der Waals surface area contributed by atoms with Gasteiger partial charge in [-0.3, -0.25) is 4.57 Å². The summed E-state index contributed by atoms with van der Waals surface area (Å²) in [5, 5.41) is 3.71. The number of hydrogen-bond acceptors (Lipinski definition) is 8. The van der Waals surface area contributed by atoms with Gasteiger partial charge in [-0.1, -0.05) is 166 Å². The van der Waals surface area contributed by atoms with Gasteiger partial charge in [-0.05, 0) is 81.8 Å². The fourth-order valence-corrected chi connectivity index (χ4v) is 9.60. The van der Waals surface area contributed by atoms with E-state index in [9.17, 15) is 4.79 Å². The molecule has 0 saturated carbocycles. The van der Waals surface area contributed by atoms with Gasteiger partial charge in [-0.15, -0.1) is 0 Å². The molecule has 334 valence electrons. The predicted molar refractivity (Wildman–Crippen MR) is 260 cm³/mol. The smallest absolute Gasteiger partial charge is 0.351 e. The van der Waals surface area contributed by atoms with Crippen molar-refractivity contribution in [2.24, 2.45) is 0 Å². The third kappa shape index (κ3) is 9.17. The summed E-state index contributed by atoms with van der Waals surface area (Å²) in [7, 11) is 1.08. The Hall–Kier alpha value is -6.30. The quantitative estimate of drug-likeness (QED) is 0.0758. The largest absolute Gasteiger partial charge is 0.497 e. The Bertz CT molecular complexity index is 2590. The van der Waals surface area contributed by atoms with Gasteiger partial charge >= 0.3 is 5.69 Å². The van der Waals surface area contributed by atoms with Crippen LogP contribution in [0.15, 0.2) is 187 Å². The number of methoxy groups -OCH3 is 2. The molecule has 65 heavy (non-hydrogen) atoms. The molecule has 0 aliphatic carbocycles. The summed E-state index contributed by atoms with van der Waals surface area (Å²) in [6.45, 7) is 11.4. The summed E-state index contributed by atoms with van der Waals surface area (Å²) in [5.74, 6) is 1.89. The van der Waals surface area contributed by atoms with E-state index in [4.69, 9.17) is 28.4 Å². The molecule has 8 rings (SSSR count). The van der Waals surface area contributed by atoms with Gasteiger partial charge < -0.3 is 28.7 Å². The van der Waals surface area contributed by atoms with Crippen molar-refractivity contribution < 1.29 is 23.4 Å². The average Bonchev–Trinajstić information content (AvgIpc) is 3.74. The minimum absolute atomic E-state index is 0.0352. The van der Waals surface area contributed by atoms with Gasteiger partial charge in [0.2, 0.25) is 0 Å². The molecule has 0 unspecified atom stereocenters. The third-order valence-corrected chi connectivity index (χ3v) is 17.7. The zero-order chi connectivity index (χ0) is 45.7. The summed E-state index contributed by atoms with van der Waals surface area (Å²) in [5.41, 5.74) is 3.29. The van der Waals surface area contributed by atoms with E-state index in [0.29, 0.717) is 18.8 Å². The van der Waals surface area contributed by atoms with Gasteiger partial charge in [0.25, 0.3) is 0 Å². The van der Waals surface area contributed by atoms with E-state index in [-0.39, 0.29) is 5.04 Å². The van der Waals surface area contributed by atoms with Crippen LogP contribution in [-0.4, -0.2) is 50.9 Å². The second-order valence-corrected chi connectivity index (χ2v) is 22.9. The SMILES string of the molecule is COc1ccc(C(Nc2ccn([C@H]3C[C@H](OC(c4ccccc4)(c4ccccc4)c4ccc(OC)cc4)[C@@H](CO[Si](C)(C)C(C)(C)C)O3)c(=O)n2)(c2ccccc2)c2ccccc2)cc1. The standard InChI is InChI=1S/C55H59N3O6Si/c1-53(2,3)65(6,7)62-39-49-48(64-55(43-24-16-10-17-25-43,44-26-18-11-19-27-44)45-30-34-47(61-5)35-31-45)38-51(63-49)58-37-36-50(56-52(58)59)57-54(40-20-12-8-13-21-40,41-22-14-9-15-23-41)42-28-32-46(60-4)33-29-42/h8-37,48-49,51H,38-39H2,1-7H3,(H,56,57,59)/t48-,49+,51+/m0/s1. The molecule has 1 aliphatic heterocycles. The molecule has 2 heterocycles. The number of benzene rings is 6. The first-order valence-electron chi connectivity index (χ1n) is 22.2. The maximum absolute atomic E-state index is 14.5. The lowest BCUT2D eigenvalue weighted by Crippen LogP contribution is -2.46. The molecule has 1 fully saturated rings. The topological polar surface area (TPSA) is 93.1 Å². The molecule has 10 heteroatoms. The molecule has 7 aromatic rings. The van der Waals surface area contributed by atoms with Crippen LogP contribution in [0.3, 0.4) is 0 Å². The van der Waals surface area contributed by atoms with E-state index < -0.39 is 43.6 Å². The van der Waals surface area contributed by atoms with Crippen LogP contribution in [-0.2, 0) is 25.0 Å². The van der Waals surface area contributed by atoms with Crippen LogP contribution in [0.2, 0.25) is 18.1 Å². The van der Waals surface area contributed by atoms with Crippen molar-refractivity contribution in [3.63, 3.8) is 0 Å². The molecule has 0 amide bonds. The second-order valence-electron chi connectivity index (χ2n) is 18.1. The summed E-state index contributed by atoms with van der Waals surface area (Å²) in [4.78, 5) is 19.2. The molecule has 3 atom stereocenters. The maximum Gasteiger partial charge on any atom is 0.351 e. The van der Waals surface area contributed by atoms with Crippen LogP contribution < -0.4 is 20.5 Å². The Morgan fingerprint density at radius 3 is 1.51 bits per heavy atom. The second kappa shape index (κ2) is 19.0. The number of hydrogen-bond donors (Lipinski definition) is 1. The fourth-order valence-electron chi connectivity index (χ4n) is 8.58. The highest BCUT2D eigenvalue weighted by atomic mass is 28.4. The molecule has 1 saturated heterocycles. The molecular formula is C55H59N3O6Si. The van der Waals surface area contributed by atoms with Gasteiger partial charge in [-0.2, -0.15) is 4.98 Å². The fraction of sp³-hybridized carbons (Fsp3) is 0.273. The Morgan fingerprint density at radius 2 is 1.06 bits per heavy atom. The third-order valence-electron chi connectivity index (χ3n) is 13.2. The van der Waals surface area contributed by atoms with E-state index in [1.54, 1.807) is 25.0 Å². The van der Waals surface area contributed by atoms with Crippen LogP contribution in [0.4, 0.5) is 5.82 Å². The lowest BCUT2D eigenvalue weighted by molar-refractivity contribution is -0.0977. The first-order valence-corrected chi connectivity index (χ1v) is 25.1. The number of nitrogens with zero attached hydrogens (tertiary/aromatic N) is 2. The summed E-state index contributed by atoms with van der Waals surface area (Å²) in [6, 6.07) is 58.8. The number of ether oxygens (including phenoxy) is 4. The predicted octanol–water partition coefficient (Wildman–Crippen LogP) is 11.4.